The molecular weight excluding hydrogens is 282 g/mol. The second-order valence-electron chi connectivity index (χ2n) is 4.67. The zero-order valence-electron chi connectivity index (χ0n) is 12.2. The lowest BCUT2D eigenvalue weighted by molar-refractivity contribution is -0.131. The number of pyridine rings is 1. The molecule has 22 heavy (non-hydrogen) atoms. The van der Waals surface area contributed by atoms with E-state index in [9.17, 15) is 9.59 Å². The molecule has 0 unspecified atom stereocenters. The number of aromatic amines is 1. The minimum absolute atomic E-state index is 0.290. The first-order valence-electron chi connectivity index (χ1n) is 6.98. The van der Waals surface area contributed by atoms with E-state index >= 15 is 0 Å². The van der Waals surface area contributed by atoms with E-state index in [1.165, 1.54) is 6.08 Å². The van der Waals surface area contributed by atoms with Gasteiger partial charge >= 0.3 is 5.97 Å². The van der Waals surface area contributed by atoms with Gasteiger partial charge in [0.2, 0.25) is 0 Å². The highest BCUT2D eigenvalue weighted by atomic mass is 16.5. The molecular formula is C17H17NO4. The Kier molecular flexibility index (Phi) is 5.14. The molecule has 0 bridgehead atoms. The maximum atomic E-state index is 12.0. The van der Waals surface area contributed by atoms with Crippen molar-refractivity contribution in [2.24, 2.45) is 0 Å². The molecule has 0 amide bonds. The second kappa shape index (κ2) is 7.26. The Labute approximate surface area is 127 Å². The number of aliphatic carboxylic acids is 1. The monoisotopic (exact) mass is 299 g/mol. The van der Waals surface area contributed by atoms with E-state index in [4.69, 9.17) is 9.84 Å². The number of hydrogen-bond donors (Lipinski definition) is 2. The summed E-state index contributed by atoms with van der Waals surface area (Å²) in [6, 6.07) is 10.8. The maximum absolute atomic E-state index is 12.0. The molecule has 1 aromatic heterocycles. The van der Waals surface area contributed by atoms with E-state index in [-0.39, 0.29) is 11.1 Å². The number of para-hydroxylation sites is 1. The molecule has 0 saturated heterocycles. The van der Waals surface area contributed by atoms with Crippen molar-refractivity contribution in [2.75, 3.05) is 6.61 Å². The van der Waals surface area contributed by atoms with Crippen LogP contribution in [-0.2, 0) is 4.79 Å². The summed E-state index contributed by atoms with van der Waals surface area (Å²) in [4.78, 5) is 25.3. The molecule has 0 aliphatic rings. The molecule has 0 spiro atoms. The van der Waals surface area contributed by atoms with E-state index in [1.54, 1.807) is 12.1 Å². The quantitative estimate of drug-likeness (QED) is 0.804. The number of carboxylic acids is 1. The topological polar surface area (TPSA) is 79.4 Å². The van der Waals surface area contributed by atoms with Crippen molar-refractivity contribution in [3.05, 3.63) is 58.4 Å². The summed E-state index contributed by atoms with van der Waals surface area (Å²) >= 11 is 0. The van der Waals surface area contributed by atoms with Gasteiger partial charge in [0.05, 0.1) is 12.3 Å². The first-order chi connectivity index (χ1) is 10.6. The highest BCUT2D eigenvalue weighted by molar-refractivity contribution is 5.85. The van der Waals surface area contributed by atoms with Crippen molar-refractivity contribution in [1.82, 2.24) is 4.98 Å². The molecule has 0 aliphatic heterocycles. The number of rotatable bonds is 6. The highest BCUT2D eigenvalue weighted by Gasteiger charge is 2.07. The average Bonchev–Trinajstić information content (AvgIpc) is 2.52. The van der Waals surface area contributed by atoms with Gasteiger partial charge in [-0.1, -0.05) is 19.1 Å². The van der Waals surface area contributed by atoms with E-state index < -0.39 is 5.97 Å². The fourth-order valence-corrected chi connectivity index (χ4v) is 1.96. The number of nitrogens with one attached hydrogen (secondary N) is 1. The van der Waals surface area contributed by atoms with Crippen LogP contribution < -0.4 is 10.3 Å². The molecule has 0 saturated carbocycles. The maximum Gasteiger partial charge on any atom is 0.328 e. The summed E-state index contributed by atoms with van der Waals surface area (Å²) < 4.78 is 5.68. The Hall–Kier alpha value is -2.82. The number of carbonyl (C=O) groups is 1. The third kappa shape index (κ3) is 3.85. The van der Waals surface area contributed by atoms with Crippen LogP contribution in [0.5, 0.6) is 5.75 Å². The zero-order valence-corrected chi connectivity index (χ0v) is 12.2. The molecule has 2 aromatic rings. The SMILES string of the molecule is CCCOc1ccccc1-c1ccc(/C=C/C(=O)O)c(=O)[nH]1. The van der Waals surface area contributed by atoms with Crippen molar-refractivity contribution in [2.45, 2.75) is 13.3 Å². The normalized spacial score (nSPS) is 10.8. The summed E-state index contributed by atoms with van der Waals surface area (Å²) in [7, 11) is 0. The van der Waals surface area contributed by atoms with Crippen LogP contribution in [0.3, 0.4) is 0 Å². The van der Waals surface area contributed by atoms with E-state index in [0.717, 1.165) is 18.1 Å². The highest BCUT2D eigenvalue weighted by Crippen LogP contribution is 2.27. The van der Waals surface area contributed by atoms with Crippen LogP contribution in [0.2, 0.25) is 0 Å². The number of hydrogen-bond acceptors (Lipinski definition) is 3. The molecule has 0 radical (unpaired) electrons. The third-order valence-electron chi connectivity index (χ3n) is 2.98. The van der Waals surface area contributed by atoms with E-state index in [2.05, 4.69) is 4.98 Å². The van der Waals surface area contributed by atoms with Gasteiger partial charge in [-0.15, -0.1) is 0 Å². The first kappa shape index (κ1) is 15.6. The van der Waals surface area contributed by atoms with Crippen LogP contribution in [0, 0.1) is 0 Å². The summed E-state index contributed by atoms with van der Waals surface area (Å²) in [5.41, 5.74) is 1.37. The van der Waals surface area contributed by atoms with Gasteiger partial charge < -0.3 is 14.8 Å². The molecule has 114 valence electrons. The number of carboxylic acid groups (broad SMARTS) is 1. The molecule has 0 aliphatic carbocycles. The van der Waals surface area contributed by atoms with Gasteiger partial charge in [-0.3, -0.25) is 4.79 Å². The fraction of sp³-hybridized carbons (Fsp3) is 0.176. The minimum atomic E-state index is -1.10. The molecule has 0 atom stereocenters. The molecule has 5 heteroatoms. The molecule has 5 nitrogen and oxygen atoms in total. The van der Waals surface area contributed by atoms with Crippen LogP contribution >= 0.6 is 0 Å². The number of aromatic nitrogens is 1. The lowest BCUT2D eigenvalue weighted by Gasteiger charge is -2.10. The lowest BCUT2D eigenvalue weighted by atomic mass is 10.1. The fourth-order valence-electron chi connectivity index (χ4n) is 1.96. The second-order valence-corrected chi connectivity index (χ2v) is 4.67. The Morgan fingerprint density at radius 1 is 1.27 bits per heavy atom. The van der Waals surface area contributed by atoms with Gasteiger partial charge in [0.25, 0.3) is 5.56 Å². The molecule has 2 rings (SSSR count). The van der Waals surface area contributed by atoms with E-state index in [0.29, 0.717) is 18.1 Å². The molecule has 1 heterocycles. The predicted octanol–water partition coefficient (Wildman–Crippen LogP) is 2.93. The summed E-state index contributed by atoms with van der Waals surface area (Å²) in [5, 5.41) is 8.60. The van der Waals surface area contributed by atoms with Crippen LogP contribution in [-0.4, -0.2) is 22.7 Å². The van der Waals surface area contributed by atoms with Crippen molar-refractivity contribution in [3.8, 4) is 17.0 Å². The standard InChI is InChI=1S/C17H17NO4/c1-2-11-22-15-6-4-3-5-13(15)14-9-7-12(17(21)18-14)8-10-16(19)20/h3-10H,2,11H2,1H3,(H,18,21)(H,19,20)/b10-8+. The largest absolute Gasteiger partial charge is 0.493 e. The van der Waals surface area contributed by atoms with Gasteiger partial charge in [0.1, 0.15) is 5.75 Å². The minimum Gasteiger partial charge on any atom is -0.493 e. The Balaban J connectivity index is 2.36. The Morgan fingerprint density at radius 3 is 2.73 bits per heavy atom. The average molecular weight is 299 g/mol. The van der Waals surface area contributed by atoms with Gasteiger partial charge in [-0.25, -0.2) is 4.79 Å². The predicted molar refractivity (Wildman–Crippen MR) is 85.0 cm³/mol. The Morgan fingerprint density at radius 2 is 2.05 bits per heavy atom. The van der Waals surface area contributed by atoms with Crippen LogP contribution in [0.25, 0.3) is 17.3 Å². The van der Waals surface area contributed by atoms with Gasteiger partial charge in [0, 0.05) is 17.2 Å². The van der Waals surface area contributed by atoms with Crippen LogP contribution in [0.1, 0.15) is 18.9 Å². The number of benzene rings is 1. The number of ether oxygens (including phenoxy) is 1. The Bertz CT molecular complexity index is 746. The van der Waals surface area contributed by atoms with Crippen molar-refractivity contribution in [1.29, 1.82) is 0 Å². The summed E-state index contributed by atoms with van der Waals surface area (Å²) in [6.45, 7) is 2.62. The summed E-state index contributed by atoms with van der Waals surface area (Å²) in [5.74, 6) is -0.393. The molecule has 0 fully saturated rings. The van der Waals surface area contributed by atoms with Crippen LogP contribution in [0.15, 0.2) is 47.3 Å². The zero-order chi connectivity index (χ0) is 15.9. The molecule has 2 N–H and O–H groups in total. The summed E-state index contributed by atoms with van der Waals surface area (Å²) in [6.07, 6.45) is 3.09. The number of H-pyrrole nitrogens is 1. The van der Waals surface area contributed by atoms with Crippen LogP contribution in [0.4, 0.5) is 0 Å². The van der Waals surface area contributed by atoms with E-state index in [1.807, 2.05) is 31.2 Å². The van der Waals surface area contributed by atoms with Gasteiger partial charge in [-0.2, -0.15) is 0 Å². The van der Waals surface area contributed by atoms with Gasteiger partial charge in [0.15, 0.2) is 0 Å². The third-order valence-corrected chi connectivity index (χ3v) is 2.98. The lowest BCUT2D eigenvalue weighted by Crippen LogP contribution is -2.10. The van der Waals surface area contributed by atoms with Crippen molar-refractivity contribution < 1.29 is 14.6 Å². The van der Waals surface area contributed by atoms with Crippen molar-refractivity contribution in [3.63, 3.8) is 0 Å². The first-order valence-corrected chi connectivity index (χ1v) is 6.98. The van der Waals surface area contributed by atoms with Crippen molar-refractivity contribution >= 4 is 12.0 Å². The smallest absolute Gasteiger partial charge is 0.328 e. The molecule has 1 aromatic carbocycles. The van der Waals surface area contributed by atoms with Gasteiger partial charge in [-0.05, 0) is 36.8 Å².